The van der Waals surface area contributed by atoms with Crippen LogP contribution in [0.2, 0.25) is 0 Å². The summed E-state index contributed by atoms with van der Waals surface area (Å²) in [5.74, 6) is -0.102. The summed E-state index contributed by atoms with van der Waals surface area (Å²) >= 11 is 0. The average Bonchev–Trinajstić information content (AvgIpc) is 3.18. The molecule has 1 unspecified atom stereocenters. The number of Topliss-reactive ketones (excluding diaryl/α,β-unsaturated/α-hetero) is 1. The minimum atomic E-state index is -3.58. The smallest absolute Gasteiger partial charge is 0.280 e. The van der Waals surface area contributed by atoms with Crippen molar-refractivity contribution in [1.82, 2.24) is 9.03 Å². The van der Waals surface area contributed by atoms with Crippen LogP contribution in [0, 0.1) is 0 Å². The molecule has 3 rings (SSSR count). The summed E-state index contributed by atoms with van der Waals surface area (Å²) in [5.41, 5.74) is 0.579. The topological polar surface area (TPSA) is 66.5 Å². The number of hydrogen-bond acceptors (Lipinski definition) is 3. The van der Waals surface area contributed by atoms with Crippen molar-refractivity contribution in [3.05, 3.63) is 35.9 Å². The Morgan fingerprint density at radius 1 is 1.05 bits per heavy atom. The van der Waals surface area contributed by atoms with Gasteiger partial charge in [0.2, 0.25) is 0 Å². The molecule has 22 heavy (non-hydrogen) atoms. The lowest BCUT2D eigenvalue weighted by molar-refractivity contribution is 0.0917. The fourth-order valence-electron chi connectivity index (χ4n) is 3.41. The number of benzene rings is 1. The summed E-state index contributed by atoms with van der Waals surface area (Å²) in [6.45, 7) is 0.422. The van der Waals surface area contributed by atoms with Crippen LogP contribution in [-0.2, 0) is 10.2 Å². The van der Waals surface area contributed by atoms with Crippen molar-refractivity contribution in [1.29, 1.82) is 0 Å². The monoisotopic (exact) mass is 322 g/mol. The fourth-order valence-corrected chi connectivity index (χ4v) is 5.10. The summed E-state index contributed by atoms with van der Waals surface area (Å²) in [4.78, 5) is 12.6. The zero-order valence-electron chi connectivity index (χ0n) is 12.6. The number of nitrogens with one attached hydrogen (secondary N) is 1. The van der Waals surface area contributed by atoms with Gasteiger partial charge in [0.1, 0.15) is 0 Å². The SMILES string of the molecule is O=C(c1ccccc1)C1CCCN1S(=O)(=O)NC1CCCC1. The highest BCUT2D eigenvalue weighted by Gasteiger charge is 2.39. The van der Waals surface area contributed by atoms with Crippen LogP contribution in [0.1, 0.15) is 48.9 Å². The van der Waals surface area contributed by atoms with Gasteiger partial charge in [-0.1, -0.05) is 43.2 Å². The first-order valence-electron chi connectivity index (χ1n) is 7.96. The molecule has 1 saturated heterocycles. The molecule has 1 saturated carbocycles. The second-order valence-corrected chi connectivity index (χ2v) is 7.76. The molecule has 1 aromatic carbocycles. The van der Waals surface area contributed by atoms with E-state index in [1.165, 1.54) is 4.31 Å². The van der Waals surface area contributed by atoms with E-state index in [1.54, 1.807) is 24.3 Å². The Labute approximate surface area is 131 Å². The summed E-state index contributed by atoms with van der Waals surface area (Å²) in [7, 11) is -3.58. The average molecular weight is 322 g/mol. The zero-order chi connectivity index (χ0) is 15.6. The van der Waals surface area contributed by atoms with Crippen molar-refractivity contribution in [3.8, 4) is 0 Å². The second kappa shape index (κ2) is 6.48. The first-order valence-corrected chi connectivity index (χ1v) is 9.40. The number of hydrogen-bond donors (Lipinski definition) is 1. The van der Waals surface area contributed by atoms with Gasteiger partial charge in [0, 0.05) is 18.2 Å². The molecule has 0 spiro atoms. The van der Waals surface area contributed by atoms with Crippen molar-refractivity contribution < 1.29 is 13.2 Å². The van der Waals surface area contributed by atoms with Gasteiger partial charge in [-0.05, 0) is 25.7 Å². The van der Waals surface area contributed by atoms with Crippen LogP contribution in [0.15, 0.2) is 30.3 Å². The van der Waals surface area contributed by atoms with Crippen LogP contribution >= 0.6 is 0 Å². The molecule has 0 aromatic heterocycles. The van der Waals surface area contributed by atoms with Gasteiger partial charge in [-0.15, -0.1) is 0 Å². The quantitative estimate of drug-likeness (QED) is 0.844. The third-order valence-corrected chi connectivity index (χ3v) is 6.23. The molecule has 120 valence electrons. The second-order valence-electron chi connectivity index (χ2n) is 6.10. The van der Waals surface area contributed by atoms with Crippen molar-refractivity contribution in [2.24, 2.45) is 0 Å². The van der Waals surface area contributed by atoms with Crippen molar-refractivity contribution in [3.63, 3.8) is 0 Å². The molecule has 1 aliphatic heterocycles. The normalized spacial score (nSPS) is 23.9. The van der Waals surface area contributed by atoms with Gasteiger partial charge in [-0.2, -0.15) is 17.4 Å². The number of rotatable bonds is 5. The van der Waals surface area contributed by atoms with Gasteiger partial charge in [0.05, 0.1) is 6.04 Å². The van der Waals surface area contributed by atoms with Crippen molar-refractivity contribution in [2.75, 3.05) is 6.54 Å². The van der Waals surface area contributed by atoms with Gasteiger partial charge < -0.3 is 0 Å². The van der Waals surface area contributed by atoms with Gasteiger partial charge >= 0.3 is 0 Å². The van der Waals surface area contributed by atoms with E-state index in [2.05, 4.69) is 4.72 Å². The first kappa shape index (κ1) is 15.6. The summed E-state index contributed by atoms with van der Waals surface area (Å²) in [6, 6.07) is 8.41. The predicted octanol–water partition coefficient (Wildman–Crippen LogP) is 2.11. The Morgan fingerprint density at radius 3 is 2.41 bits per heavy atom. The van der Waals surface area contributed by atoms with Crippen LogP contribution < -0.4 is 4.72 Å². The molecule has 6 heteroatoms. The van der Waals surface area contributed by atoms with E-state index in [9.17, 15) is 13.2 Å². The van der Waals surface area contributed by atoms with Gasteiger partial charge in [0.25, 0.3) is 10.2 Å². The molecule has 1 N–H and O–H groups in total. The molecule has 1 aromatic rings. The molecule has 0 bridgehead atoms. The third-order valence-electron chi connectivity index (χ3n) is 4.54. The predicted molar refractivity (Wildman–Crippen MR) is 84.8 cm³/mol. The molecule has 2 aliphatic rings. The van der Waals surface area contributed by atoms with Crippen molar-refractivity contribution >= 4 is 16.0 Å². The van der Waals surface area contributed by atoms with E-state index in [0.717, 1.165) is 32.1 Å². The third kappa shape index (κ3) is 3.24. The minimum absolute atomic E-state index is 0.0260. The summed E-state index contributed by atoms with van der Waals surface area (Å²) < 4.78 is 29.3. The number of carbonyl (C=O) groups excluding carboxylic acids is 1. The fraction of sp³-hybridized carbons (Fsp3) is 0.562. The van der Waals surface area contributed by atoms with Crippen LogP contribution in [0.3, 0.4) is 0 Å². The standard InChI is InChI=1S/C16H22N2O3S/c19-16(13-7-2-1-3-8-13)15-11-6-12-18(15)22(20,21)17-14-9-4-5-10-14/h1-3,7-8,14-15,17H,4-6,9-12H2. The maximum Gasteiger partial charge on any atom is 0.280 e. The lowest BCUT2D eigenvalue weighted by Crippen LogP contribution is -2.48. The molecular weight excluding hydrogens is 300 g/mol. The number of ketones is 1. The molecule has 5 nitrogen and oxygen atoms in total. The molecule has 1 heterocycles. The number of nitrogens with zero attached hydrogens (tertiary/aromatic N) is 1. The van der Waals surface area contributed by atoms with E-state index in [-0.39, 0.29) is 11.8 Å². The Kier molecular flexibility index (Phi) is 4.61. The summed E-state index contributed by atoms with van der Waals surface area (Å²) in [6.07, 6.45) is 5.25. The Balaban J connectivity index is 1.76. The summed E-state index contributed by atoms with van der Waals surface area (Å²) in [5, 5.41) is 0. The maximum atomic E-state index is 12.6. The first-order chi connectivity index (χ1) is 10.6. The van der Waals surface area contributed by atoms with E-state index in [4.69, 9.17) is 0 Å². The molecule has 0 amide bonds. The lowest BCUT2D eigenvalue weighted by Gasteiger charge is -2.25. The molecule has 1 aliphatic carbocycles. The van der Waals surface area contributed by atoms with Crippen LogP contribution in [-0.4, -0.2) is 37.1 Å². The molecule has 1 atom stereocenters. The highest BCUT2D eigenvalue weighted by molar-refractivity contribution is 7.87. The highest BCUT2D eigenvalue weighted by Crippen LogP contribution is 2.25. The maximum absolute atomic E-state index is 12.6. The van der Waals surface area contributed by atoms with E-state index in [0.29, 0.717) is 18.5 Å². The largest absolute Gasteiger partial charge is 0.292 e. The van der Waals surface area contributed by atoms with E-state index in [1.807, 2.05) is 6.07 Å². The van der Waals surface area contributed by atoms with Gasteiger partial charge in [0.15, 0.2) is 5.78 Å². The van der Waals surface area contributed by atoms with Gasteiger partial charge in [-0.25, -0.2) is 0 Å². The van der Waals surface area contributed by atoms with Crippen LogP contribution in [0.25, 0.3) is 0 Å². The Bertz CT molecular complexity index is 624. The zero-order valence-corrected chi connectivity index (χ0v) is 13.4. The van der Waals surface area contributed by atoms with Crippen LogP contribution in [0.5, 0.6) is 0 Å². The minimum Gasteiger partial charge on any atom is -0.292 e. The lowest BCUT2D eigenvalue weighted by atomic mass is 10.0. The van der Waals surface area contributed by atoms with Gasteiger partial charge in [-0.3, -0.25) is 4.79 Å². The Morgan fingerprint density at radius 2 is 1.73 bits per heavy atom. The van der Waals surface area contributed by atoms with E-state index < -0.39 is 16.3 Å². The Hall–Kier alpha value is -1.24. The number of carbonyl (C=O) groups is 1. The highest BCUT2D eigenvalue weighted by atomic mass is 32.2. The van der Waals surface area contributed by atoms with E-state index >= 15 is 0 Å². The van der Waals surface area contributed by atoms with Crippen molar-refractivity contribution in [2.45, 2.75) is 50.6 Å². The van der Waals surface area contributed by atoms with Crippen LogP contribution in [0.4, 0.5) is 0 Å². The molecule has 0 radical (unpaired) electrons. The molecular formula is C16H22N2O3S. The molecule has 2 fully saturated rings.